The number of hydrogen-bond acceptors (Lipinski definition) is 5. The second-order valence-corrected chi connectivity index (χ2v) is 15.6. The molecule has 0 N–H and O–H groups in total. The number of rotatable bonds is 6. The molecule has 3 fully saturated rings. The van der Waals surface area contributed by atoms with Crippen LogP contribution in [0.15, 0.2) is 65.3 Å². The standard InChI is InChI=1S/C39H47BrClN5O2/c1-27(47)43-15-11-29(12-16-43)22-37(48)46-20-19-45(26-35(46)21-28-5-3-2-4-6-28)34-13-17-44(18-14-34)39-36-10-9-33(41)24-30(36)7-8-31-23-32(40)25-42-38(31)39/h2-6,9-10,23-25,29,34-35,39H,7-8,11-22,26H2,1H3/t35-,39?/m1/s1. The highest BCUT2D eigenvalue weighted by molar-refractivity contribution is 9.10. The molecule has 2 aromatic carbocycles. The van der Waals surface area contributed by atoms with Gasteiger partial charge in [-0.15, -0.1) is 0 Å². The van der Waals surface area contributed by atoms with E-state index in [2.05, 4.69) is 79.2 Å². The van der Waals surface area contributed by atoms with Gasteiger partial charge in [-0.05, 0) is 107 Å². The summed E-state index contributed by atoms with van der Waals surface area (Å²) in [7, 11) is 0. The summed E-state index contributed by atoms with van der Waals surface area (Å²) < 4.78 is 1.03. The minimum Gasteiger partial charge on any atom is -0.343 e. The molecule has 1 unspecified atom stereocenters. The fraction of sp³-hybridized carbons (Fsp3) is 0.513. The fourth-order valence-corrected chi connectivity index (χ4v) is 9.28. The topological polar surface area (TPSA) is 60.0 Å². The molecule has 4 aliphatic rings. The summed E-state index contributed by atoms with van der Waals surface area (Å²) >= 11 is 10.1. The Morgan fingerprint density at radius 3 is 2.38 bits per heavy atom. The smallest absolute Gasteiger partial charge is 0.223 e. The second kappa shape index (κ2) is 15.0. The summed E-state index contributed by atoms with van der Waals surface area (Å²) in [4.78, 5) is 40.1. The van der Waals surface area contributed by atoms with Crippen LogP contribution in [0.1, 0.15) is 73.0 Å². The van der Waals surface area contributed by atoms with Gasteiger partial charge in [0.15, 0.2) is 0 Å². The van der Waals surface area contributed by atoms with Gasteiger partial charge >= 0.3 is 0 Å². The third-order valence-electron chi connectivity index (χ3n) is 11.3. The van der Waals surface area contributed by atoms with E-state index in [0.717, 1.165) is 100 Å². The highest BCUT2D eigenvalue weighted by Gasteiger charge is 2.38. The van der Waals surface area contributed by atoms with Gasteiger partial charge in [0.1, 0.15) is 0 Å². The average molecular weight is 733 g/mol. The Bertz CT molecular complexity index is 1550. The summed E-state index contributed by atoms with van der Waals surface area (Å²) in [5, 5.41) is 0.798. The van der Waals surface area contributed by atoms with Crippen molar-refractivity contribution in [3.8, 4) is 0 Å². The first-order valence-corrected chi connectivity index (χ1v) is 19.0. The zero-order valence-electron chi connectivity index (χ0n) is 28.0. The van der Waals surface area contributed by atoms with Gasteiger partial charge in [0.05, 0.1) is 11.7 Å². The Kier molecular flexibility index (Phi) is 10.5. The van der Waals surface area contributed by atoms with Crippen molar-refractivity contribution in [2.75, 3.05) is 45.8 Å². The zero-order chi connectivity index (χ0) is 33.2. The van der Waals surface area contributed by atoms with Gasteiger partial charge in [0.2, 0.25) is 11.8 Å². The average Bonchev–Trinajstić information content (AvgIpc) is 3.25. The zero-order valence-corrected chi connectivity index (χ0v) is 30.3. The van der Waals surface area contributed by atoms with Crippen molar-refractivity contribution in [3.05, 3.63) is 98.2 Å². The number of piperazine rings is 1. The maximum atomic E-state index is 13.9. The third-order valence-corrected chi connectivity index (χ3v) is 12.0. The number of pyridine rings is 1. The number of amides is 2. The van der Waals surface area contributed by atoms with Crippen LogP contribution in [0.25, 0.3) is 0 Å². The van der Waals surface area contributed by atoms with Crippen LogP contribution >= 0.6 is 27.5 Å². The summed E-state index contributed by atoms with van der Waals surface area (Å²) in [5.74, 6) is 0.790. The molecule has 48 heavy (non-hydrogen) atoms. The maximum absolute atomic E-state index is 13.9. The Morgan fingerprint density at radius 1 is 0.875 bits per heavy atom. The number of aromatic nitrogens is 1. The van der Waals surface area contributed by atoms with Crippen molar-refractivity contribution in [3.63, 3.8) is 0 Å². The number of likely N-dealkylation sites (tertiary alicyclic amines) is 2. The van der Waals surface area contributed by atoms with Crippen LogP contribution < -0.4 is 0 Å². The normalized spacial score (nSPS) is 23.0. The molecular formula is C39H47BrClN5O2. The van der Waals surface area contributed by atoms with Crippen molar-refractivity contribution in [2.45, 2.75) is 76.4 Å². The van der Waals surface area contributed by atoms with Crippen LogP contribution in [0, 0.1) is 5.92 Å². The first-order valence-electron chi connectivity index (χ1n) is 17.8. The minimum absolute atomic E-state index is 0.131. The molecule has 1 aromatic heterocycles. The monoisotopic (exact) mass is 731 g/mol. The summed E-state index contributed by atoms with van der Waals surface area (Å²) in [6.45, 7) is 7.83. The predicted octanol–water partition coefficient (Wildman–Crippen LogP) is 6.55. The molecule has 3 aromatic rings. The highest BCUT2D eigenvalue weighted by Crippen LogP contribution is 2.39. The van der Waals surface area contributed by atoms with Crippen molar-refractivity contribution in [1.82, 2.24) is 24.6 Å². The Balaban J connectivity index is 1.04. The van der Waals surface area contributed by atoms with Crippen LogP contribution in [0.2, 0.25) is 5.02 Å². The molecule has 9 heteroatoms. The predicted molar refractivity (Wildman–Crippen MR) is 194 cm³/mol. The van der Waals surface area contributed by atoms with Gasteiger partial charge in [0.25, 0.3) is 0 Å². The van der Waals surface area contributed by atoms with Crippen molar-refractivity contribution in [2.24, 2.45) is 5.92 Å². The van der Waals surface area contributed by atoms with Crippen LogP contribution in [0.5, 0.6) is 0 Å². The first-order chi connectivity index (χ1) is 23.3. The molecule has 0 bridgehead atoms. The van der Waals surface area contributed by atoms with Gasteiger partial charge < -0.3 is 9.80 Å². The van der Waals surface area contributed by atoms with Gasteiger partial charge in [-0.3, -0.25) is 24.4 Å². The van der Waals surface area contributed by atoms with E-state index in [1.165, 1.54) is 27.9 Å². The fourth-order valence-electron chi connectivity index (χ4n) is 8.71. The number of piperidine rings is 2. The Morgan fingerprint density at radius 2 is 1.62 bits per heavy atom. The summed E-state index contributed by atoms with van der Waals surface area (Å²) in [5.41, 5.74) is 6.46. The second-order valence-electron chi connectivity index (χ2n) is 14.3. The number of carbonyl (C=O) groups is 2. The molecule has 7 rings (SSSR count). The molecule has 0 radical (unpaired) electrons. The lowest BCUT2D eigenvalue weighted by molar-refractivity contribution is -0.138. The van der Waals surface area contributed by atoms with Gasteiger partial charge in [-0.1, -0.05) is 48.0 Å². The van der Waals surface area contributed by atoms with E-state index in [4.69, 9.17) is 16.6 Å². The molecule has 7 nitrogen and oxygen atoms in total. The molecule has 2 amide bonds. The number of nitrogens with zero attached hydrogens (tertiary/aromatic N) is 5. The van der Waals surface area contributed by atoms with Gasteiger partial charge in [-0.25, -0.2) is 0 Å². The number of aryl methyl sites for hydroxylation is 2. The van der Waals surface area contributed by atoms with E-state index in [-0.39, 0.29) is 23.9 Å². The molecular weight excluding hydrogens is 686 g/mol. The molecule has 254 valence electrons. The van der Waals surface area contributed by atoms with E-state index in [9.17, 15) is 9.59 Å². The third kappa shape index (κ3) is 7.52. The van der Waals surface area contributed by atoms with E-state index >= 15 is 0 Å². The summed E-state index contributed by atoms with van der Waals surface area (Å²) in [6.07, 6.45) is 9.40. The number of benzene rings is 2. The Labute approximate surface area is 298 Å². The van der Waals surface area contributed by atoms with Gasteiger partial charge in [-0.2, -0.15) is 0 Å². The van der Waals surface area contributed by atoms with E-state index in [1.807, 2.05) is 17.2 Å². The van der Waals surface area contributed by atoms with E-state index in [0.29, 0.717) is 18.4 Å². The van der Waals surface area contributed by atoms with Crippen molar-refractivity contribution in [1.29, 1.82) is 0 Å². The number of carbonyl (C=O) groups excluding carboxylic acids is 2. The van der Waals surface area contributed by atoms with E-state index in [1.54, 1.807) is 6.92 Å². The van der Waals surface area contributed by atoms with E-state index < -0.39 is 0 Å². The van der Waals surface area contributed by atoms with Crippen LogP contribution in [0.4, 0.5) is 0 Å². The molecule has 0 saturated carbocycles. The number of hydrogen-bond donors (Lipinski definition) is 0. The lowest BCUT2D eigenvalue weighted by atomic mass is 9.91. The maximum Gasteiger partial charge on any atom is 0.223 e. The molecule has 1 aliphatic carbocycles. The number of fused-ring (bicyclic) bond motifs is 2. The van der Waals surface area contributed by atoms with Crippen LogP contribution in [-0.2, 0) is 28.9 Å². The SMILES string of the molecule is CC(=O)N1CCC(CC(=O)N2CCN(C3CCN(C4c5ccc(Cl)cc5CCc5cc(Br)cnc54)CC3)C[C@H]2Cc2ccccc2)CC1. The van der Waals surface area contributed by atoms with Crippen molar-refractivity contribution < 1.29 is 9.59 Å². The Hall–Kier alpha value is -2.78. The summed E-state index contributed by atoms with van der Waals surface area (Å²) in [6, 6.07) is 20.1. The quantitative estimate of drug-likeness (QED) is 0.288. The molecule has 3 aliphatic heterocycles. The van der Waals surface area contributed by atoms with Gasteiger partial charge in [0, 0.05) is 86.9 Å². The van der Waals surface area contributed by atoms with Crippen LogP contribution in [-0.4, -0.2) is 94.3 Å². The molecule has 2 atom stereocenters. The van der Waals surface area contributed by atoms with Crippen molar-refractivity contribution >= 4 is 39.3 Å². The minimum atomic E-state index is 0.131. The lowest BCUT2D eigenvalue weighted by Gasteiger charge is -2.48. The first kappa shape index (κ1) is 33.7. The molecule has 4 heterocycles. The molecule has 0 spiro atoms. The highest BCUT2D eigenvalue weighted by atomic mass is 79.9. The lowest BCUT2D eigenvalue weighted by Crippen LogP contribution is -2.59. The number of halogens is 2. The molecule has 3 saturated heterocycles. The largest absolute Gasteiger partial charge is 0.343 e. The van der Waals surface area contributed by atoms with Crippen LogP contribution in [0.3, 0.4) is 0 Å².